The van der Waals surface area contributed by atoms with Crippen LogP contribution in [0.3, 0.4) is 0 Å². The predicted octanol–water partition coefficient (Wildman–Crippen LogP) is 26.5. The number of benzene rings is 12. The molecule has 3 aromatic heterocycles. The summed E-state index contributed by atoms with van der Waals surface area (Å²) in [5.74, 6) is 0. The first kappa shape index (κ1) is 57.8. The van der Waals surface area contributed by atoms with Crippen molar-refractivity contribution < 1.29 is 17.1 Å². The van der Waals surface area contributed by atoms with Crippen molar-refractivity contribution in [3.63, 3.8) is 0 Å². The van der Waals surface area contributed by atoms with E-state index >= 15 is 0 Å². The van der Waals surface area contributed by atoms with Crippen molar-refractivity contribution in [2.75, 3.05) is 0 Å². The minimum Gasteiger partial charge on any atom is -0.352 e. The summed E-state index contributed by atoms with van der Waals surface area (Å²) in [6.45, 7) is 0. The number of H-pyrrole nitrogens is 2. The molecule has 0 saturated heterocycles. The molecule has 12 aromatic carbocycles. The van der Waals surface area contributed by atoms with Gasteiger partial charge in [-0.05, 0) is 260 Å². The largest absolute Gasteiger partial charge is 2.00 e. The van der Waals surface area contributed by atoms with Crippen LogP contribution in [0.4, 0.5) is 0 Å². The molecule has 2 aliphatic rings. The van der Waals surface area contributed by atoms with E-state index < -0.39 is 0 Å². The molecule has 89 heavy (non-hydrogen) atoms. The molecule has 2 N–H and O–H groups in total. The molecule has 4 nitrogen and oxygen atoms in total. The van der Waals surface area contributed by atoms with Crippen LogP contribution >= 0.6 is 127 Å². The van der Waals surface area contributed by atoms with Crippen LogP contribution in [0.1, 0.15) is 22.8 Å². The molecular formula is C76H38Br8MnN4+2. The van der Waals surface area contributed by atoms with Crippen LogP contribution in [-0.4, -0.2) is 19.9 Å². The Bertz CT molecular complexity index is 5230. The van der Waals surface area contributed by atoms with Crippen molar-refractivity contribution in [1.29, 1.82) is 0 Å². The van der Waals surface area contributed by atoms with E-state index in [2.05, 4.69) is 356 Å². The Morgan fingerprint density at radius 3 is 0.618 bits per heavy atom. The molecule has 15 aromatic rings. The van der Waals surface area contributed by atoms with Crippen molar-refractivity contribution >= 4 is 254 Å². The second-order valence-corrected chi connectivity index (χ2v) is 28.5. The third-order valence-electron chi connectivity index (χ3n) is 17.5. The first-order chi connectivity index (χ1) is 43.0. The Balaban J connectivity index is 0.00000636. The summed E-state index contributed by atoms with van der Waals surface area (Å²) >= 11 is 34.6. The standard InChI is InChI=1S/C76H38Br8N4.Mn/c77-61-63(79)71-58(54-34-38-18-2-6-22-42(38)46-26-10-14-30-50(46)54)73-65(81)67(83)75(87-73)60(56-36-40-20-4-8-24-44(40)48-28-12-16-32-52(48)56)76-68(84)66(82)74(88-76)59(55-35-39-19-3-7-23-43(39)47-27-11-15-31-51(47)55)72-64(80)62(78)70(86-72)57(69(61)85-71)53-33-37-17-1-5-21-41(37)45-25-9-13-29-49(45)53;/h1-36,85,88H;/q;+2. The zero-order valence-electron chi connectivity index (χ0n) is 46.1. The zero-order chi connectivity index (χ0) is 59.4. The molecular weight excluding hydrogens is 1660 g/mol. The number of aromatic amines is 2. The molecule has 0 saturated carbocycles. The molecule has 13 heteroatoms. The van der Waals surface area contributed by atoms with Crippen LogP contribution in [0.25, 0.3) is 171 Å². The molecule has 1 radical (unpaired) electrons. The Morgan fingerprint density at radius 2 is 0.404 bits per heavy atom. The van der Waals surface area contributed by atoms with E-state index in [1.54, 1.807) is 0 Å². The van der Waals surface area contributed by atoms with Crippen LogP contribution < -0.4 is 0 Å². The minimum absolute atomic E-state index is 0. The fraction of sp³-hybridized carbons (Fsp3) is 0. The van der Waals surface area contributed by atoms with Gasteiger partial charge < -0.3 is 9.97 Å². The zero-order valence-corrected chi connectivity index (χ0v) is 59.9. The molecule has 17 rings (SSSR count). The summed E-state index contributed by atoms with van der Waals surface area (Å²) in [7, 11) is 0. The molecule has 8 bridgehead atoms. The van der Waals surface area contributed by atoms with Gasteiger partial charge in [0.1, 0.15) is 0 Å². The van der Waals surface area contributed by atoms with Gasteiger partial charge in [0, 0.05) is 22.3 Å². The van der Waals surface area contributed by atoms with Crippen molar-refractivity contribution in [1.82, 2.24) is 19.9 Å². The topological polar surface area (TPSA) is 57.4 Å². The third kappa shape index (κ3) is 8.88. The van der Waals surface area contributed by atoms with E-state index in [0.717, 1.165) is 211 Å². The molecule has 2 aliphatic heterocycles. The molecule has 0 unspecified atom stereocenters. The fourth-order valence-electron chi connectivity index (χ4n) is 13.7. The maximum absolute atomic E-state index is 6.06. The molecule has 0 fully saturated rings. The number of hydrogen-bond acceptors (Lipinski definition) is 2. The van der Waals surface area contributed by atoms with Crippen LogP contribution in [0, 0.1) is 0 Å². The van der Waals surface area contributed by atoms with E-state index in [0.29, 0.717) is 0 Å². The Morgan fingerprint density at radius 1 is 0.225 bits per heavy atom. The summed E-state index contributed by atoms with van der Waals surface area (Å²) < 4.78 is 6.42. The number of rotatable bonds is 4. The van der Waals surface area contributed by atoms with Gasteiger partial charge in [0.05, 0.1) is 80.7 Å². The molecule has 0 spiro atoms. The van der Waals surface area contributed by atoms with Crippen LogP contribution in [0.5, 0.6) is 0 Å². The average Bonchev–Trinajstić information content (AvgIpc) is 1.69. The Hall–Kier alpha value is -6.32. The first-order valence-corrected chi connectivity index (χ1v) is 34.7. The van der Waals surface area contributed by atoms with Gasteiger partial charge in [-0.1, -0.05) is 194 Å². The predicted molar refractivity (Wildman–Crippen MR) is 403 cm³/mol. The summed E-state index contributed by atoms with van der Waals surface area (Å²) in [4.78, 5) is 20.5. The van der Waals surface area contributed by atoms with E-state index in [1.165, 1.54) is 0 Å². The van der Waals surface area contributed by atoms with Crippen molar-refractivity contribution in [3.05, 3.63) is 259 Å². The van der Waals surface area contributed by atoms with E-state index in [9.17, 15) is 0 Å². The smallest absolute Gasteiger partial charge is 0.352 e. The SMILES string of the molecule is BrC1=C(Br)c2nc1c(-c1cc3ccccc3c3ccccc13)c1[nH]c(c(Br)c1Br)c(-c1cc3ccccc3c3ccccc13)c1nc(c(-c3cc4ccccc4c4ccccc34)c3[nH]c(c(Br)c3Br)c2-c2cc3ccccc3c3ccccc23)C(Br)=C1Br.[Mn+2]. The second kappa shape index (κ2) is 22.5. The van der Waals surface area contributed by atoms with E-state index in [-0.39, 0.29) is 17.1 Å². The van der Waals surface area contributed by atoms with Crippen molar-refractivity contribution in [2.45, 2.75) is 0 Å². The third-order valence-corrected chi connectivity index (χ3v) is 25.9. The van der Waals surface area contributed by atoms with Crippen molar-refractivity contribution in [3.8, 4) is 44.5 Å². The second-order valence-electron chi connectivity index (χ2n) is 22.1. The summed E-state index contributed by atoms with van der Waals surface area (Å²) in [6, 6.07) is 78.7. The number of fused-ring (bicyclic) bond motifs is 20. The molecule has 0 atom stereocenters. The quantitative estimate of drug-likeness (QED) is 0.136. The number of aromatic nitrogens is 4. The average molecular weight is 1700 g/mol. The Labute approximate surface area is 587 Å². The minimum atomic E-state index is 0. The van der Waals surface area contributed by atoms with Gasteiger partial charge in [0.15, 0.2) is 0 Å². The fourth-order valence-corrected chi connectivity index (χ4v) is 17.5. The number of hydrogen-bond donors (Lipinski definition) is 2. The van der Waals surface area contributed by atoms with Gasteiger partial charge in [0.2, 0.25) is 0 Å². The van der Waals surface area contributed by atoms with Crippen molar-refractivity contribution in [2.24, 2.45) is 0 Å². The Kier molecular flexibility index (Phi) is 14.6. The maximum atomic E-state index is 6.06. The molecule has 5 heterocycles. The number of nitrogens with one attached hydrogen (secondary N) is 2. The summed E-state index contributed by atoms with van der Waals surface area (Å²) in [5, 5.41) is 17.9. The maximum Gasteiger partial charge on any atom is 2.00 e. The van der Waals surface area contributed by atoms with Gasteiger partial charge in [0.25, 0.3) is 0 Å². The molecule has 0 aliphatic carbocycles. The number of halogens is 8. The first-order valence-electron chi connectivity index (χ1n) is 28.3. The van der Waals surface area contributed by atoms with E-state index in [1.807, 2.05) is 0 Å². The van der Waals surface area contributed by atoms with Crippen LogP contribution in [0.15, 0.2) is 236 Å². The van der Waals surface area contributed by atoms with Gasteiger partial charge in [-0.3, -0.25) is 0 Å². The van der Waals surface area contributed by atoms with Gasteiger partial charge in [-0.15, -0.1) is 0 Å². The van der Waals surface area contributed by atoms with Gasteiger partial charge in [-0.2, -0.15) is 0 Å². The normalized spacial score (nSPS) is 12.8. The van der Waals surface area contributed by atoms with Crippen LogP contribution in [0.2, 0.25) is 0 Å². The van der Waals surface area contributed by atoms with E-state index in [4.69, 9.17) is 9.97 Å². The summed E-state index contributed by atoms with van der Waals surface area (Å²) in [5.41, 5.74) is 13.6. The van der Waals surface area contributed by atoms with Crippen LogP contribution in [-0.2, 0) is 17.1 Å². The van der Waals surface area contributed by atoms with Gasteiger partial charge in [-0.25, -0.2) is 9.97 Å². The summed E-state index contributed by atoms with van der Waals surface area (Å²) in [6.07, 6.45) is 0. The molecule has 423 valence electrons. The monoisotopic (exact) mass is 1690 g/mol. The molecule has 0 amide bonds. The number of nitrogens with zero attached hydrogens (tertiary/aromatic N) is 2. The van der Waals surface area contributed by atoms with Gasteiger partial charge >= 0.3 is 17.1 Å².